The second kappa shape index (κ2) is 4.30. The van der Waals surface area contributed by atoms with Crippen LogP contribution in [0.1, 0.15) is 19.7 Å². The summed E-state index contributed by atoms with van der Waals surface area (Å²) >= 11 is 0. The minimum Gasteiger partial charge on any atom is -0.264 e. The predicted molar refractivity (Wildman–Crippen MR) is 63.9 cm³/mol. The smallest absolute Gasteiger partial charge is 0.148 e. The van der Waals surface area contributed by atoms with Gasteiger partial charge >= 0.3 is 0 Å². The average molecular weight is 224 g/mol. The lowest BCUT2D eigenvalue weighted by atomic mass is 9.94. The summed E-state index contributed by atoms with van der Waals surface area (Å²) in [7, 11) is 0. The Kier molecular flexibility index (Phi) is 2.84. The maximum Gasteiger partial charge on any atom is 0.148 e. The van der Waals surface area contributed by atoms with Crippen molar-refractivity contribution in [3.63, 3.8) is 0 Å². The normalized spacial score (nSPS) is 10.9. The van der Waals surface area contributed by atoms with Gasteiger partial charge in [-0.15, -0.1) is 0 Å². The first-order chi connectivity index (χ1) is 8.13. The molecule has 0 spiro atoms. The zero-order chi connectivity index (χ0) is 12.3. The van der Waals surface area contributed by atoms with E-state index in [9.17, 15) is 0 Å². The van der Waals surface area contributed by atoms with Gasteiger partial charge in [0.2, 0.25) is 0 Å². The van der Waals surface area contributed by atoms with Gasteiger partial charge in [-0.05, 0) is 32.0 Å². The van der Waals surface area contributed by atoms with Crippen molar-refractivity contribution in [2.45, 2.75) is 19.3 Å². The Morgan fingerprint density at radius 3 is 2.71 bits per heavy atom. The van der Waals surface area contributed by atoms with Crippen LogP contribution in [-0.2, 0) is 5.41 Å². The monoisotopic (exact) mass is 224 g/mol. The van der Waals surface area contributed by atoms with E-state index in [1.54, 1.807) is 32.4 Å². The molecule has 0 aliphatic heterocycles. The van der Waals surface area contributed by atoms with E-state index in [0.29, 0.717) is 5.82 Å². The van der Waals surface area contributed by atoms with Crippen molar-refractivity contribution in [2.24, 2.45) is 0 Å². The van der Waals surface area contributed by atoms with Crippen molar-refractivity contribution in [1.29, 1.82) is 5.26 Å². The van der Waals surface area contributed by atoms with Gasteiger partial charge in [-0.25, -0.2) is 9.97 Å². The van der Waals surface area contributed by atoms with Crippen molar-refractivity contribution in [1.82, 2.24) is 15.0 Å². The van der Waals surface area contributed by atoms with Crippen LogP contribution in [0.3, 0.4) is 0 Å². The second-order valence-corrected chi connectivity index (χ2v) is 4.24. The summed E-state index contributed by atoms with van der Waals surface area (Å²) in [5.74, 6) is 0.529. The van der Waals surface area contributed by atoms with Crippen LogP contribution in [0.15, 0.2) is 36.8 Å². The average Bonchev–Trinajstić information content (AvgIpc) is 2.40. The maximum atomic E-state index is 9.07. The Hall–Kier alpha value is -2.28. The molecule has 17 heavy (non-hydrogen) atoms. The molecule has 0 unspecified atom stereocenters. The van der Waals surface area contributed by atoms with Crippen LogP contribution in [0.25, 0.3) is 11.3 Å². The van der Waals surface area contributed by atoms with E-state index in [0.717, 1.165) is 11.3 Å². The molecule has 0 bridgehead atoms. The van der Waals surface area contributed by atoms with Gasteiger partial charge in [0.15, 0.2) is 0 Å². The zero-order valence-corrected chi connectivity index (χ0v) is 9.75. The maximum absolute atomic E-state index is 9.07. The van der Waals surface area contributed by atoms with E-state index >= 15 is 0 Å². The number of nitriles is 1. The Morgan fingerprint density at radius 2 is 2.06 bits per heavy atom. The third kappa shape index (κ3) is 2.28. The topological polar surface area (TPSA) is 62.5 Å². The van der Waals surface area contributed by atoms with Crippen molar-refractivity contribution in [2.75, 3.05) is 0 Å². The first-order valence-corrected chi connectivity index (χ1v) is 5.29. The summed E-state index contributed by atoms with van der Waals surface area (Å²) < 4.78 is 0. The molecule has 0 atom stereocenters. The fraction of sp³-hybridized carbons (Fsp3) is 0.231. The van der Waals surface area contributed by atoms with Crippen molar-refractivity contribution >= 4 is 0 Å². The summed E-state index contributed by atoms with van der Waals surface area (Å²) in [6.07, 6.45) is 5.13. The van der Waals surface area contributed by atoms with Gasteiger partial charge in [-0.2, -0.15) is 5.26 Å². The van der Waals surface area contributed by atoms with Crippen LogP contribution in [-0.4, -0.2) is 15.0 Å². The molecule has 0 fully saturated rings. The third-order valence-corrected chi connectivity index (χ3v) is 2.45. The van der Waals surface area contributed by atoms with Crippen molar-refractivity contribution in [3.05, 3.63) is 42.6 Å². The minimum absolute atomic E-state index is 0.529. The molecule has 0 saturated heterocycles. The van der Waals surface area contributed by atoms with Gasteiger partial charge in [0, 0.05) is 24.2 Å². The highest BCUT2D eigenvalue weighted by Gasteiger charge is 2.23. The van der Waals surface area contributed by atoms with Crippen LogP contribution in [0.2, 0.25) is 0 Å². The van der Waals surface area contributed by atoms with Crippen LogP contribution in [0.5, 0.6) is 0 Å². The van der Waals surface area contributed by atoms with Crippen molar-refractivity contribution < 1.29 is 0 Å². The third-order valence-electron chi connectivity index (χ3n) is 2.45. The van der Waals surface area contributed by atoms with Crippen LogP contribution in [0.4, 0.5) is 0 Å². The fourth-order valence-electron chi connectivity index (χ4n) is 1.38. The molecule has 2 aromatic heterocycles. The summed E-state index contributed by atoms with van der Waals surface area (Å²) in [4.78, 5) is 12.6. The molecular formula is C13H12N4. The summed E-state index contributed by atoms with van der Waals surface area (Å²) in [5, 5.41) is 9.07. The summed E-state index contributed by atoms with van der Waals surface area (Å²) in [6, 6.07) is 7.79. The Bertz CT molecular complexity index is 555. The molecule has 0 N–H and O–H groups in total. The van der Waals surface area contributed by atoms with Gasteiger partial charge in [-0.1, -0.05) is 0 Å². The lowest BCUT2D eigenvalue weighted by Crippen LogP contribution is -2.18. The molecule has 0 radical (unpaired) electrons. The van der Waals surface area contributed by atoms with E-state index < -0.39 is 5.41 Å². The van der Waals surface area contributed by atoms with Gasteiger partial charge in [0.05, 0.1) is 11.8 Å². The number of rotatable bonds is 2. The molecule has 2 aromatic rings. The van der Waals surface area contributed by atoms with Crippen LogP contribution >= 0.6 is 0 Å². The SMILES string of the molecule is CC(C)(C#N)c1nccc(-c2cccnc2)n1. The molecule has 0 aliphatic rings. The quantitative estimate of drug-likeness (QED) is 0.785. The highest BCUT2D eigenvalue weighted by Crippen LogP contribution is 2.21. The van der Waals surface area contributed by atoms with Crippen LogP contribution in [0, 0.1) is 11.3 Å². The lowest BCUT2D eigenvalue weighted by Gasteiger charge is -2.13. The number of aromatic nitrogens is 3. The molecule has 2 heterocycles. The first-order valence-electron chi connectivity index (χ1n) is 5.29. The van der Waals surface area contributed by atoms with E-state index in [1.165, 1.54) is 0 Å². The fourth-order valence-corrected chi connectivity index (χ4v) is 1.38. The number of hydrogen-bond donors (Lipinski definition) is 0. The minimum atomic E-state index is -0.682. The standard InChI is InChI=1S/C13H12N4/c1-13(2,9-14)12-16-7-5-11(17-12)10-4-3-6-15-8-10/h3-8H,1-2H3. The molecule has 4 heteroatoms. The second-order valence-electron chi connectivity index (χ2n) is 4.24. The summed E-state index contributed by atoms with van der Waals surface area (Å²) in [5.41, 5.74) is 1.02. The van der Waals surface area contributed by atoms with Gasteiger partial charge in [0.1, 0.15) is 11.2 Å². The van der Waals surface area contributed by atoms with Gasteiger partial charge in [-0.3, -0.25) is 4.98 Å². The van der Waals surface area contributed by atoms with E-state index in [4.69, 9.17) is 5.26 Å². The molecule has 0 amide bonds. The highest BCUT2D eigenvalue weighted by molar-refractivity contribution is 5.57. The molecule has 0 aromatic carbocycles. The van der Waals surface area contributed by atoms with E-state index in [2.05, 4.69) is 21.0 Å². The van der Waals surface area contributed by atoms with E-state index in [-0.39, 0.29) is 0 Å². The van der Waals surface area contributed by atoms with Gasteiger partial charge in [0.25, 0.3) is 0 Å². The van der Waals surface area contributed by atoms with Gasteiger partial charge < -0.3 is 0 Å². The number of hydrogen-bond acceptors (Lipinski definition) is 4. The number of pyridine rings is 1. The Labute approximate surface area is 100.0 Å². The molecule has 4 nitrogen and oxygen atoms in total. The zero-order valence-electron chi connectivity index (χ0n) is 9.75. The predicted octanol–water partition coefficient (Wildman–Crippen LogP) is 2.34. The highest BCUT2D eigenvalue weighted by atomic mass is 14.9. The largest absolute Gasteiger partial charge is 0.264 e. The molecule has 84 valence electrons. The molecule has 2 rings (SSSR count). The Morgan fingerprint density at radius 1 is 1.24 bits per heavy atom. The number of nitrogens with zero attached hydrogens (tertiary/aromatic N) is 4. The molecular weight excluding hydrogens is 212 g/mol. The van der Waals surface area contributed by atoms with E-state index in [1.807, 2.05) is 18.2 Å². The van der Waals surface area contributed by atoms with Crippen LogP contribution < -0.4 is 0 Å². The summed E-state index contributed by atoms with van der Waals surface area (Å²) in [6.45, 7) is 3.60. The first kappa shape index (κ1) is 11.2. The molecule has 0 saturated carbocycles. The lowest BCUT2D eigenvalue weighted by molar-refractivity contribution is 0.630. The molecule has 0 aliphatic carbocycles. The Balaban J connectivity index is 2.47. The van der Waals surface area contributed by atoms with Crippen molar-refractivity contribution in [3.8, 4) is 17.3 Å².